The van der Waals surface area contributed by atoms with Crippen molar-refractivity contribution in [1.82, 2.24) is 9.78 Å². The summed E-state index contributed by atoms with van der Waals surface area (Å²) in [6, 6.07) is 7.64. The highest BCUT2D eigenvalue weighted by molar-refractivity contribution is 6.30. The number of hydrogen-bond donors (Lipinski definition) is 0. The average molecular weight is 317 g/mol. The van der Waals surface area contributed by atoms with Crippen LogP contribution in [0, 0.1) is 5.92 Å². The molecular formula is C18H21ClN2O. The molecule has 3 rings (SSSR count). The number of hydrogen-bond acceptors (Lipinski definition) is 2. The maximum absolute atomic E-state index is 12.6. The Labute approximate surface area is 136 Å². The van der Waals surface area contributed by atoms with Gasteiger partial charge >= 0.3 is 0 Å². The Morgan fingerprint density at radius 1 is 1.27 bits per heavy atom. The monoisotopic (exact) mass is 316 g/mol. The smallest absolute Gasteiger partial charge is 0.166 e. The van der Waals surface area contributed by atoms with Crippen LogP contribution in [0.5, 0.6) is 0 Å². The predicted molar refractivity (Wildman–Crippen MR) is 89.1 cm³/mol. The van der Waals surface area contributed by atoms with Crippen molar-refractivity contribution in [2.75, 3.05) is 0 Å². The summed E-state index contributed by atoms with van der Waals surface area (Å²) in [4.78, 5) is 12.6. The van der Waals surface area contributed by atoms with Crippen LogP contribution >= 0.6 is 11.6 Å². The van der Waals surface area contributed by atoms with Crippen molar-refractivity contribution in [3.63, 3.8) is 0 Å². The van der Waals surface area contributed by atoms with E-state index in [1.54, 1.807) is 0 Å². The second kappa shape index (κ2) is 5.24. The molecule has 0 radical (unpaired) electrons. The molecule has 4 heteroatoms. The van der Waals surface area contributed by atoms with E-state index < -0.39 is 0 Å². The summed E-state index contributed by atoms with van der Waals surface area (Å²) in [5.41, 5.74) is 3.49. The fourth-order valence-electron chi connectivity index (χ4n) is 3.10. The van der Waals surface area contributed by atoms with Crippen molar-refractivity contribution in [3.8, 4) is 5.69 Å². The first kappa shape index (κ1) is 15.3. The van der Waals surface area contributed by atoms with E-state index in [2.05, 4.69) is 27.7 Å². The highest BCUT2D eigenvalue weighted by Crippen LogP contribution is 2.35. The molecule has 1 aromatic heterocycles. The highest BCUT2D eigenvalue weighted by Gasteiger charge is 2.34. The Morgan fingerprint density at radius 3 is 2.64 bits per heavy atom. The van der Waals surface area contributed by atoms with E-state index in [1.807, 2.05) is 28.9 Å². The number of carbonyl (C=O) groups excluding carboxylic acids is 1. The fourth-order valence-corrected chi connectivity index (χ4v) is 3.29. The number of fused-ring (bicyclic) bond motifs is 1. The Kier molecular flexibility index (Phi) is 3.64. The number of Topliss-reactive ketones (excluding diaryl/α,β-unsaturated/α-hetero) is 1. The lowest BCUT2D eigenvalue weighted by molar-refractivity contribution is 0.0950. The van der Waals surface area contributed by atoms with E-state index in [-0.39, 0.29) is 11.2 Å². The molecule has 0 bridgehead atoms. The van der Waals surface area contributed by atoms with Crippen LogP contribution < -0.4 is 0 Å². The molecule has 0 spiro atoms. The van der Waals surface area contributed by atoms with Crippen LogP contribution in [0.15, 0.2) is 24.3 Å². The van der Waals surface area contributed by atoms with Gasteiger partial charge in [-0.15, -0.1) is 0 Å². The van der Waals surface area contributed by atoms with Gasteiger partial charge in [0.25, 0.3) is 0 Å². The first-order chi connectivity index (χ1) is 10.3. The molecular weight excluding hydrogens is 296 g/mol. The summed E-state index contributed by atoms with van der Waals surface area (Å²) in [5, 5.41) is 5.47. The average Bonchev–Trinajstić information content (AvgIpc) is 2.78. The minimum Gasteiger partial charge on any atom is -0.294 e. The maximum atomic E-state index is 12.6. The van der Waals surface area contributed by atoms with Gasteiger partial charge in [-0.2, -0.15) is 5.10 Å². The molecule has 2 aromatic rings. The predicted octanol–water partition coefficient (Wildman–Crippen LogP) is 4.59. The van der Waals surface area contributed by atoms with E-state index in [4.69, 9.17) is 16.7 Å². The van der Waals surface area contributed by atoms with Crippen LogP contribution in [0.3, 0.4) is 0 Å². The van der Waals surface area contributed by atoms with Crippen molar-refractivity contribution >= 4 is 17.4 Å². The molecule has 22 heavy (non-hydrogen) atoms. The lowest BCUT2D eigenvalue weighted by Gasteiger charge is -2.22. The van der Waals surface area contributed by atoms with Gasteiger partial charge in [0.15, 0.2) is 5.78 Å². The third-order valence-electron chi connectivity index (χ3n) is 4.10. The van der Waals surface area contributed by atoms with Crippen molar-refractivity contribution in [2.24, 2.45) is 5.92 Å². The number of aromatic nitrogens is 2. The largest absolute Gasteiger partial charge is 0.294 e. The third-order valence-corrected chi connectivity index (χ3v) is 4.33. The summed E-state index contributed by atoms with van der Waals surface area (Å²) in [6.07, 6.45) is 1.48. The Balaban J connectivity index is 2.26. The quantitative estimate of drug-likeness (QED) is 0.771. The lowest BCUT2D eigenvalue weighted by atomic mass is 9.81. The van der Waals surface area contributed by atoms with Crippen LogP contribution in [-0.4, -0.2) is 15.6 Å². The summed E-state index contributed by atoms with van der Waals surface area (Å²) in [6.45, 7) is 8.42. The molecule has 0 amide bonds. The normalized spacial score (nSPS) is 18.4. The number of halogens is 1. The Bertz CT molecular complexity index is 740. The molecule has 1 atom stereocenters. The molecule has 1 unspecified atom stereocenters. The highest BCUT2D eigenvalue weighted by atomic mass is 35.5. The summed E-state index contributed by atoms with van der Waals surface area (Å²) >= 11 is 6.12. The molecule has 1 heterocycles. The van der Waals surface area contributed by atoms with E-state index in [0.717, 1.165) is 29.1 Å². The van der Waals surface area contributed by atoms with Gasteiger partial charge in [0.2, 0.25) is 0 Å². The van der Waals surface area contributed by atoms with Crippen molar-refractivity contribution in [1.29, 1.82) is 0 Å². The molecule has 0 saturated carbocycles. The molecule has 116 valence electrons. The maximum Gasteiger partial charge on any atom is 0.166 e. The molecule has 1 aliphatic rings. The van der Waals surface area contributed by atoms with Gasteiger partial charge in [0.05, 0.1) is 22.6 Å². The van der Waals surface area contributed by atoms with Crippen LogP contribution in [0.1, 0.15) is 55.9 Å². The zero-order valence-electron chi connectivity index (χ0n) is 13.5. The number of ketones is 1. The van der Waals surface area contributed by atoms with Crippen molar-refractivity contribution in [3.05, 3.63) is 46.2 Å². The first-order valence-electron chi connectivity index (χ1n) is 7.69. The Morgan fingerprint density at radius 2 is 2.00 bits per heavy atom. The SMILES string of the molecule is CC1CC(=O)c2c(C(C)(C)C)nn(-c3cccc(Cl)c3)c2C1. The minimum atomic E-state index is -0.163. The van der Waals surface area contributed by atoms with Crippen molar-refractivity contribution < 1.29 is 4.79 Å². The zero-order valence-corrected chi connectivity index (χ0v) is 14.2. The fraction of sp³-hybridized carbons (Fsp3) is 0.444. The van der Waals surface area contributed by atoms with E-state index in [0.29, 0.717) is 17.4 Å². The summed E-state index contributed by atoms with van der Waals surface area (Å²) in [7, 11) is 0. The second-order valence-electron chi connectivity index (χ2n) is 7.25. The zero-order chi connectivity index (χ0) is 16.1. The van der Waals surface area contributed by atoms with Gasteiger partial charge in [-0.3, -0.25) is 4.79 Å². The van der Waals surface area contributed by atoms with Crippen LogP contribution in [0.4, 0.5) is 0 Å². The standard InChI is InChI=1S/C18H21ClN2O/c1-11-8-14-16(15(22)9-11)17(18(2,3)4)20-21(14)13-7-5-6-12(19)10-13/h5-7,10-11H,8-9H2,1-4H3. The summed E-state index contributed by atoms with van der Waals surface area (Å²) < 4.78 is 1.91. The van der Waals surface area contributed by atoms with E-state index >= 15 is 0 Å². The molecule has 0 fully saturated rings. The van der Waals surface area contributed by atoms with Gasteiger partial charge in [-0.25, -0.2) is 4.68 Å². The van der Waals surface area contributed by atoms with Crippen LogP contribution in [0.2, 0.25) is 5.02 Å². The molecule has 1 aliphatic carbocycles. The molecule has 0 aliphatic heterocycles. The molecule has 1 aromatic carbocycles. The van der Waals surface area contributed by atoms with Gasteiger partial charge in [-0.1, -0.05) is 45.4 Å². The second-order valence-corrected chi connectivity index (χ2v) is 7.69. The van der Waals surface area contributed by atoms with E-state index in [9.17, 15) is 4.79 Å². The number of rotatable bonds is 1. The van der Waals surface area contributed by atoms with Crippen molar-refractivity contribution in [2.45, 2.75) is 46.0 Å². The van der Waals surface area contributed by atoms with Crippen LogP contribution in [-0.2, 0) is 11.8 Å². The number of benzene rings is 1. The van der Waals surface area contributed by atoms with E-state index in [1.165, 1.54) is 0 Å². The third kappa shape index (κ3) is 2.58. The van der Waals surface area contributed by atoms with Gasteiger partial charge in [0.1, 0.15) is 0 Å². The van der Waals surface area contributed by atoms with Crippen LogP contribution in [0.25, 0.3) is 5.69 Å². The topological polar surface area (TPSA) is 34.9 Å². The Hall–Kier alpha value is -1.61. The first-order valence-corrected chi connectivity index (χ1v) is 8.06. The minimum absolute atomic E-state index is 0.163. The molecule has 3 nitrogen and oxygen atoms in total. The summed E-state index contributed by atoms with van der Waals surface area (Å²) in [5.74, 6) is 0.564. The van der Waals surface area contributed by atoms with Gasteiger partial charge in [0, 0.05) is 16.9 Å². The van der Waals surface area contributed by atoms with Gasteiger partial charge < -0.3 is 0 Å². The van der Waals surface area contributed by atoms with Gasteiger partial charge in [-0.05, 0) is 30.5 Å². The number of nitrogens with zero attached hydrogens (tertiary/aromatic N) is 2. The molecule has 0 N–H and O–H groups in total. The lowest BCUT2D eigenvalue weighted by Crippen LogP contribution is -2.22. The number of carbonyl (C=O) groups is 1. The molecule has 0 saturated heterocycles.